The van der Waals surface area contributed by atoms with E-state index in [2.05, 4.69) is 10.4 Å². The van der Waals surface area contributed by atoms with Crippen LogP contribution in [0.4, 0.5) is 0 Å². The van der Waals surface area contributed by atoms with E-state index < -0.39 is 0 Å². The maximum Gasteiger partial charge on any atom is 0.219 e. The number of hydrogen-bond donors (Lipinski definition) is 1. The van der Waals surface area contributed by atoms with E-state index in [4.69, 9.17) is 11.6 Å². The van der Waals surface area contributed by atoms with E-state index in [1.807, 2.05) is 25.5 Å². The van der Waals surface area contributed by atoms with Crippen molar-refractivity contribution in [3.05, 3.63) is 16.4 Å². The van der Waals surface area contributed by atoms with E-state index in [9.17, 15) is 4.79 Å². The van der Waals surface area contributed by atoms with Crippen molar-refractivity contribution in [2.75, 3.05) is 6.54 Å². The number of halogens is 1. The van der Waals surface area contributed by atoms with Gasteiger partial charge in [0, 0.05) is 19.5 Å². The second-order valence-corrected chi connectivity index (χ2v) is 4.14. The number of aryl methyl sites for hydroxylation is 2. The molecule has 1 rings (SSSR count). The van der Waals surface area contributed by atoms with E-state index in [-0.39, 0.29) is 5.91 Å². The Labute approximate surface area is 101 Å². The minimum absolute atomic E-state index is 0.0893. The zero-order chi connectivity index (χ0) is 12.1. The molecule has 90 valence electrons. The summed E-state index contributed by atoms with van der Waals surface area (Å²) in [4.78, 5) is 11.0. The molecule has 0 spiro atoms. The van der Waals surface area contributed by atoms with E-state index in [0.29, 0.717) is 13.0 Å². The zero-order valence-corrected chi connectivity index (χ0v) is 10.8. The number of nitrogens with one attached hydrogen (secondary N) is 1. The van der Waals surface area contributed by atoms with Crippen molar-refractivity contribution in [2.45, 2.75) is 40.2 Å². The molecule has 0 saturated carbocycles. The van der Waals surface area contributed by atoms with E-state index in [0.717, 1.165) is 29.4 Å². The van der Waals surface area contributed by atoms with Gasteiger partial charge in [0.2, 0.25) is 5.91 Å². The Hall–Kier alpha value is -1.03. The van der Waals surface area contributed by atoms with Crippen LogP contribution in [-0.4, -0.2) is 22.2 Å². The number of hydrogen-bond acceptors (Lipinski definition) is 2. The van der Waals surface area contributed by atoms with Gasteiger partial charge in [-0.2, -0.15) is 5.10 Å². The first-order chi connectivity index (χ1) is 7.56. The number of carbonyl (C=O) groups excluding carboxylic acids is 1. The van der Waals surface area contributed by atoms with Crippen LogP contribution in [0.5, 0.6) is 0 Å². The molecule has 1 heterocycles. The van der Waals surface area contributed by atoms with Crippen molar-refractivity contribution < 1.29 is 4.79 Å². The SMILES string of the molecule is CCC(=O)NCCCn1nc(C)c(Cl)c1C. The fourth-order valence-corrected chi connectivity index (χ4v) is 1.61. The molecule has 0 aromatic carbocycles. The van der Waals surface area contributed by atoms with Crippen molar-refractivity contribution in [3.63, 3.8) is 0 Å². The highest BCUT2D eigenvalue weighted by molar-refractivity contribution is 6.31. The summed E-state index contributed by atoms with van der Waals surface area (Å²) in [6.45, 7) is 7.15. The molecule has 16 heavy (non-hydrogen) atoms. The zero-order valence-electron chi connectivity index (χ0n) is 10.0. The molecule has 5 heteroatoms. The number of aromatic nitrogens is 2. The predicted octanol–water partition coefficient (Wildman–Crippen LogP) is 2.07. The highest BCUT2D eigenvalue weighted by atomic mass is 35.5. The molecule has 0 aliphatic heterocycles. The van der Waals surface area contributed by atoms with Crippen LogP contribution < -0.4 is 5.32 Å². The first kappa shape index (κ1) is 13.0. The van der Waals surface area contributed by atoms with Crippen molar-refractivity contribution >= 4 is 17.5 Å². The van der Waals surface area contributed by atoms with Gasteiger partial charge < -0.3 is 5.32 Å². The average molecular weight is 244 g/mol. The molecule has 1 N–H and O–H groups in total. The molecular formula is C11H18ClN3O. The molecule has 0 aliphatic rings. The Kier molecular flexibility index (Phi) is 4.80. The van der Waals surface area contributed by atoms with Gasteiger partial charge in [-0.25, -0.2) is 0 Å². The smallest absolute Gasteiger partial charge is 0.219 e. The second-order valence-electron chi connectivity index (χ2n) is 3.77. The van der Waals surface area contributed by atoms with Crippen molar-refractivity contribution in [2.24, 2.45) is 0 Å². The summed E-state index contributed by atoms with van der Waals surface area (Å²) in [5, 5.41) is 7.88. The minimum Gasteiger partial charge on any atom is -0.356 e. The molecule has 1 amide bonds. The fraction of sp³-hybridized carbons (Fsp3) is 0.636. The molecule has 0 atom stereocenters. The molecule has 1 aromatic heterocycles. The predicted molar refractivity (Wildman–Crippen MR) is 64.6 cm³/mol. The largest absolute Gasteiger partial charge is 0.356 e. The first-order valence-electron chi connectivity index (χ1n) is 5.52. The quantitative estimate of drug-likeness (QED) is 0.805. The van der Waals surface area contributed by atoms with Gasteiger partial charge in [0.05, 0.1) is 16.4 Å². The summed E-state index contributed by atoms with van der Waals surface area (Å²) in [6.07, 6.45) is 1.40. The number of rotatable bonds is 5. The summed E-state index contributed by atoms with van der Waals surface area (Å²) in [6, 6.07) is 0. The molecule has 0 bridgehead atoms. The summed E-state index contributed by atoms with van der Waals surface area (Å²) < 4.78 is 1.88. The average Bonchev–Trinajstić information content (AvgIpc) is 2.52. The van der Waals surface area contributed by atoms with Crippen LogP contribution in [0, 0.1) is 13.8 Å². The Morgan fingerprint density at radius 3 is 2.69 bits per heavy atom. The van der Waals surface area contributed by atoms with Crippen LogP contribution in [0.2, 0.25) is 5.02 Å². The van der Waals surface area contributed by atoms with Crippen molar-refractivity contribution in [1.82, 2.24) is 15.1 Å². The summed E-state index contributed by atoms with van der Waals surface area (Å²) in [7, 11) is 0. The van der Waals surface area contributed by atoms with Gasteiger partial charge in [-0.1, -0.05) is 18.5 Å². The van der Waals surface area contributed by atoms with Crippen LogP contribution in [0.15, 0.2) is 0 Å². The molecule has 0 fully saturated rings. The third-order valence-corrected chi connectivity index (χ3v) is 3.03. The van der Waals surface area contributed by atoms with Crippen LogP contribution >= 0.6 is 11.6 Å². The lowest BCUT2D eigenvalue weighted by Gasteiger charge is -2.05. The number of nitrogens with zero attached hydrogens (tertiary/aromatic N) is 2. The molecule has 1 aromatic rings. The summed E-state index contributed by atoms with van der Waals surface area (Å²) >= 11 is 6.03. The normalized spacial score (nSPS) is 10.5. The Balaban J connectivity index is 2.38. The maximum absolute atomic E-state index is 11.0. The highest BCUT2D eigenvalue weighted by Crippen LogP contribution is 2.18. The maximum atomic E-state index is 11.0. The lowest BCUT2D eigenvalue weighted by atomic mass is 10.3. The van der Waals surface area contributed by atoms with Crippen molar-refractivity contribution in [3.8, 4) is 0 Å². The van der Waals surface area contributed by atoms with Crippen LogP contribution in [0.1, 0.15) is 31.2 Å². The van der Waals surface area contributed by atoms with Gasteiger partial charge in [-0.15, -0.1) is 0 Å². The highest BCUT2D eigenvalue weighted by Gasteiger charge is 2.08. The first-order valence-corrected chi connectivity index (χ1v) is 5.90. The van der Waals surface area contributed by atoms with Gasteiger partial charge in [0.25, 0.3) is 0 Å². The van der Waals surface area contributed by atoms with Crippen LogP contribution in [0.3, 0.4) is 0 Å². The third kappa shape index (κ3) is 3.23. The molecule has 0 unspecified atom stereocenters. The van der Waals surface area contributed by atoms with E-state index in [1.165, 1.54) is 0 Å². The van der Waals surface area contributed by atoms with Gasteiger partial charge in [0.1, 0.15) is 0 Å². The Morgan fingerprint density at radius 1 is 1.50 bits per heavy atom. The van der Waals surface area contributed by atoms with Crippen LogP contribution in [0.25, 0.3) is 0 Å². The summed E-state index contributed by atoms with van der Waals surface area (Å²) in [5.74, 6) is 0.0893. The van der Waals surface area contributed by atoms with E-state index >= 15 is 0 Å². The standard InChI is InChI=1S/C11H18ClN3O/c1-4-10(16)13-6-5-7-15-9(3)11(12)8(2)14-15/h4-7H2,1-3H3,(H,13,16). The van der Waals surface area contributed by atoms with E-state index in [1.54, 1.807) is 0 Å². The van der Waals surface area contributed by atoms with Gasteiger partial charge >= 0.3 is 0 Å². The van der Waals surface area contributed by atoms with Crippen molar-refractivity contribution in [1.29, 1.82) is 0 Å². The minimum atomic E-state index is 0.0893. The summed E-state index contributed by atoms with van der Waals surface area (Å²) in [5.41, 5.74) is 1.85. The lowest BCUT2D eigenvalue weighted by Crippen LogP contribution is -2.24. The topological polar surface area (TPSA) is 46.9 Å². The molecule has 0 aliphatic carbocycles. The Bertz CT molecular complexity index is 374. The molecular weight excluding hydrogens is 226 g/mol. The second kappa shape index (κ2) is 5.89. The fourth-order valence-electron chi connectivity index (χ4n) is 1.47. The number of carbonyl (C=O) groups is 1. The van der Waals surface area contributed by atoms with Crippen LogP contribution in [-0.2, 0) is 11.3 Å². The molecule has 0 radical (unpaired) electrons. The van der Waals surface area contributed by atoms with Gasteiger partial charge in [-0.3, -0.25) is 9.48 Å². The Morgan fingerprint density at radius 2 is 2.19 bits per heavy atom. The molecule has 0 saturated heterocycles. The lowest BCUT2D eigenvalue weighted by molar-refractivity contribution is -0.120. The number of amides is 1. The van der Waals surface area contributed by atoms with Gasteiger partial charge in [-0.05, 0) is 20.3 Å². The van der Waals surface area contributed by atoms with Gasteiger partial charge in [0.15, 0.2) is 0 Å². The monoisotopic (exact) mass is 243 g/mol. The molecule has 4 nitrogen and oxygen atoms in total. The third-order valence-electron chi connectivity index (χ3n) is 2.48.